The third-order valence-corrected chi connectivity index (χ3v) is 3.67. The van der Waals surface area contributed by atoms with Gasteiger partial charge in [-0.2, -0.15) is 0 Å². The summed E-state index contributed by atoms with van der Waals surface area (Å²) in [6, 6.07) is 5.20. The monoisotopic (exact) mass is 399 g/mol. The minimum Gasteiger partial charge on any atom is -0.493 e. The molecule has 0 saturated heterocycles. The average molecular weight is 399 g/mol. The maximum absolute atomic E-state index is 13.8. The highest BCUT2D eigenvalue weighted by Crippen LogP contribution is 2.30. The summed E-state index contributed by atoms with van der Waals surface area (Å²) in [5.74, 6) is -4.69. The lowest BCUT2D eigenvalue weighted by Crippen LogP contribution is -2.30. The molecule has 9 heteroatoms. The zero-order chi connectivity index (χ0) is 20.7. The van der Waals surface area contributed by atoms with Crippen LogP contribution in [-0.4, -0.2) is 26.2 Å². The van der Waals surface area contributed by atoms with Crippen molar-refractivity contribution in [3.05, 3.63) is 53.1 Å². The summed E-state index contributed by atoms with van der Waals surface area (Å²) < 4.78 is 65.0. The Morgan fingerprint density at radius 2 is 1.68 bits per heavy atom. The second-order valence-electron chi connectivity index (χ2n) is 5.57. The van der Waals surface area contributed by atoms with E-state index in [1.165, 1.54) is 7.11 Å². The molecule has 0 aromatic heterocycles. The summed E-state index contributed by atoms with van der Waals surface area (Å²) in [5, 5.41) is 5.82. The van der Waals surface area contributed by atoms with Crippen LogP contribution in [0.4, 0.5) is 23.2 Å². The van der Waals surface area contributed by atoms with Gasteiger partial charge in [0.2, 0.25) is 0 Å². The van der Waals surface area contributed by atoms with Crippen molar-refractivity contribution < 1.29 is 27.0 Å². The fraction of sp³-hybridized carbons (Fsp3) is 0.316. The first kappa shape index (κ1) is 21.3. The Kier molecular flexibility index (Phi) is 7.48. The van der Waals surface area contributed by atoms with Crippen LogP contribution in [0.3, 0.4) is 0 Å². The van der Waals surface area contributed by atoms with Gasteiger partial charge in [0.25, 0.3) is 0 Å². The molecule has 0 bridgehead atoms. The molecule has 0 atom stereocenters. The Labute approximate surface area is 160 Å². The van der Waals surface area contributed by atoms with Gasteiger partial charge in [-0.15, -0.1) is 0 Å². The van der Waals surface area contributed by atoms with Crippen LogP contribution in [0.2, 0.25) is 0 Å². The lowest BCUT2D eigenvalue weighted by Gasteiger charge is -2.14. The summed E-state index contributed by atoms with van der Waals surface area (Å²) in [4.78, 5) is 4.01. The minimum absolute atomic E-state index is 0.161. The average Bonchev–Trinajstić information content (AvgIpc) is 2.67. The number of nitrogens with one attached hydrogen (secondary N) is 2. The second-order valence-corrected chi connectivity index (χ2v) is 5.57. The molecule has 152 valence electrons. The first-order valence-electron chi connectivity index (χ1n) is 8.59. The number of hydrogen-bond acceptors (Lipinski definition) is 3. The molecule has 0 unspecified atom stereocenters. The van der Waals surface area contributed by atoms with Crippen molar-refractivity contribution in [3.8, 4) is 11.5 Å². The van der Waals surface area contributed by atoms with Crippen LogP contribution in [0.25, 0.3) is 0 Å². The van der Waals surface area contributed by atoms with Gasteiger partial charge in [-0.1, -0.05) is 0 Å². The van der Waals surface area contributed by atoms with Crippen LogP contribution in [0.1, 0.15) is 19.4 Å². The van der Waals surface area contributed by atoms with Crippen molar-refractivity contribution in [1.29, 1.82) is 0 Å². The summed E-state index contributed by atoms with van der Waals surface area (Å²) in [6.07, 6.45) is 0. The Morgan fingerprint density at radius 1 is 1.00 bits per heavy atom. The maximum atomic E-state index is 13.8. The van der Waals surface area contributed by atoms with Crippen molar-refractivity contribution >= 4 is 11.6 Å². The van der Waals surface area contributed by atoms with Crippen LogP contribution < -0.4 is 20.1 Å². The SMILES string of the molecule is CCNC(=NCc1c(F)c(F)cc(F)c1F)Nc1ccc(OC)c(OCC)c1. The Balaban J connectivity index is 2.28. The van der Waals surface area contributed by atoms with Gasteiger partial charge in [-0.3, -0.25) is 0 Å². The number of ether oxygens (including phenoxy) is 2. The molecule has 0 fully saturated rings. The summed E-state index contributed by atoms with van der Waals surface area (Å²) in [6.45, 7) is 3.89. The van der Waals surface area contributed by atoms with Crippen LogP contribution in [0.15, 0.2) is 29.3 Å². The molecule has 0 aliphatic carbocycles. The van der Waals surface area contributed by atoms with Crippen molar-refractivity contribution in [3.63, 3.8) is 0 Å². The lowest BCUT2D eigenvalue weighted by molar-refractivity contribution is 0.311. The zero-order valence-electron chi connectivity index (χ0n) is 15.7. The molecule has 28 heavy (non-hydrogen) atoms. The first-order valence-corrected chi connectivity index (χ1v) is 8.59. The fourth-order valence-corrected chi connectivity index (χ4v) is 2.39. The molecule has 0 spiro atoms. The van der Waals surface area contributed by atoms with E-state index in [0.717, 1.165) is 0 Å². The number of halogens is 4. The van der Waals surface area contributed by atoms with Gasteiger partial charge >= 0.3 is 0 Å². The molecule has 5 nitrogen and oxygen atoms in total. The van der Waals surface area contributed by atoms with Crippen molar-refractivity contribution in [2.75, 3.05) is 25.6 Å². The van der Waals surface area contributed by atoms with Gasteiger partial charge in [0, 0.05) is 24.4 Å². The van der Waals surface area contributed by atoms with E-state index >= 15 is 0 Å². The fourth-order valence-electron chi connectivity index (χ4n) is 2.39. The molecule has 2 N–H and O–H groups in total. The maximum Gasteiger partial charge on any atom is 0.196 e. The summed E-state index contributed by atoms with van der Waals surface area (Å²) in [5.41, 5.74) is -0.227. The number of benzene rings is 2. The quantitative estimate of drug-likeness (QED) is 0.317. The summed E-state index contributed by atoms with van der Waals surface area (Å²) >= 11 is 0. The van der Waals surface area contributed by atoms with E-state index in [4.69, 9.17) is 9.47 Å². The second kappa shape index (κ2) is 9.82. The third kappa shape index (κ3) is 5.05. The first-order chi connectivity index (χ1) is 13.4. The van der Waals surface area contributed by atoms with E-state index in [0.29, 0.717) is 30.3 Å². The van der Waals surface area contributed by atoms with Gasteiger partial charge in [0.1, 0.15) is 0 Å². The Morgan fingerprint density at radius 3 is 2.25 bits per heavy atom. The number of aliphatic imine (C=N–C) groups is 1. The molecule has 0 heterocycles. The van der Waals surface area contributed by atoms with Crippen LogP contribution in [0, 0.1) is 23.3 Å². The highest BCUT2D eigenvalue weighted by atomic mass is 19.2. The molecule has 0 saturated carbocycles. The van der Waals surface area contributed by atoms with E-state index in [1.807, 2.05) is 6.92 Å². The molecular formula is C19H21F4N3O2. The number of nitrogens with zero attached hydrogens (tertiary/aromatic N) is 1. The van der Waals surface area contributed by atoms with E-state index in [1.54, 1.807) is 25.1 Å². The minimum atomic E-state index is -1.47. The highest BCUT2D eigenvalue weighted by Gasteiger charge is 2.18. The van der Waals surface area contributed by atoms with Crippen molar-refractivity contribution in [2.24, 2.45) is 4.99 Å². The predicted molar refractivity (Wildman–Crippen MR) is 98.9 cm³/mol. The van der Waals surface area contributed by atoms with Gasteiger partial charge in [-0.05, 0) is 26.0 Å². The Hall–Kier alpha value is -2.97. The molecule has 0 aliphatic heterocycles. The lowest BCUT2D eigenvalue weighted by atomic mass is 10.2. The van der Waals surface area contributed by atoms with Crippen molar-refractivity contribution in [2.45, 2.75) is 20.4 Å². The van der Waals surface area contributed by atoms with Crippen molar-refractivity contribution in [1.82, 2.24) is 5.32 Å². The number of anilines is 1. The van der Waals surface area contributed by atoms with E-state index in [-0.39, 0.29) is 12.0 Å². The number of rotatable bonds is 7. The highest BCUT2D eigenvalue weighted by molar-refractivity contribution is 5.93. The largest absolute Gasteiger partial charge is 0.493 e. The normalized spacial score (nSPS) is 11.3. The van der Waals surface area contributed by atoms with Gasteiger partial charge in [-0.25, -0.2) is 22.6 Å². The molecule has 0 aliphatic rings. The van der Waals surface area contributed by atoms with E-state index < -0.39 is 35.4 Å². The van der Waals surface area contributed by atoms with Crippen LogP contribution in [-0.2, 0) is 6.54 Å². The zero-order valence-corrected chi connectivity index (χ0v) is 15.7. The van der Waals surface area contributed by atoms with Gasteiger partial charge in [0.15, 0.2) is 40.7 Å². The molecule has 2 aromatic rings. The summed E-state index contributed by atoms with van der Waals surface area (Å²) in [7, 11) is 1.51. The van der Waals surface area contributed by atoms with Gasteiger partial charge in [0.05, 0.1) is 25.8 Å². The van der Waals surface area contributed by atoms with E-state index in [9.17, 15) is 17.6 Å². The smallest absolute Gasteiger partial charge is 0.196 e. The molecule has 0 radical (unpaired) electrons. The number of guanidine groups is 1. The molecule has 2 aromatic carbocycles. The number of methoxy groups -OCH3 is 1. The Bertz CT molecular complexity index is 833. The molecule has 2 rings (SSSR count). The van der Waals surface area contributed by atoms with Crippen LogP contribution in [0.5, 0.6) is 11.5 Å². The standard InChI is InChI=1S/C19H21F4N3O2/c1-4-24-19(25-10-12-17(22)13(20)9-14(21)18(12)23)26-11-6-7-15(27-3)16(8-11)28-5-2/h6-9H,4-5,10H2,1-3H3,(H2,24,25,26). The topological polar surface area (TPSA) is 54.9 Å². The molecular weight excluding hydrogens is 378 g/mol. The van der Waals surface area contributed by atoms with Gasteiger partial charge < -0.3 is 20.1 Å². The third-order valence-electron chi connectivity index (χ3n) is 3.67. The molecule has 0 amide bonds. The number of hydrogen-bond donors (Lipinski definition) is 2. The van der Waals surface area contributed by atoms with Crippen LogP contribution >= 0.6 is 0 Å². The van der Waals surface area contributed by atoms with E-state index in [2.05, 4.69) is 15.6 Å². The predicted octanol–water partition coefficient (Wildman–Crippen LogP) is 4.23.